The molecule has 2 rings (SSSR count). The van der Waals surface area contributed by atoms with Crippen molar-refractivity contribution in [2.45, 2.75) is 25.1 Å². The van der Waals surface area contributed by atoms with Gasteiger partial charge in [0.15, 0.2) is 9.84 Å². The summed E-state index contributed by atoms with van der Waals surface area (Å²) in [7, 11) is -3.62. The van der Waals surface area contributed by atoms with Crippen LogP contribution in [0.5, 0.6) is 0 Å². The maximum atomic E-state index is 14.2. The van der Waals surface area contributed by atoms with Gasteiger partial charge in [-0.25, -0.2) is 12.8 Å². The lowest BCUT2D eigenvalue weighted by Crippen LogP contribution is -2.42. The number of alkyl halides is 3. The van der Waals surface area contributed by atoms with Crippen LogP contribution in [-0.2, 0) is 20.2 Å². The van der Waals surface area contributed by atoms with Crippen molar-refractivity contribution < 1.29 is 30.8 Å². The Morgan fingerprint density at radius 1 is 1.40 bits per heavy atom. The number of rotatable bonds is 3. The average Bonchev–Trinajstić information content (AvgIpc) is 2.35. The minimum absolute atomic E-state index is 0.108. The molecule has 0 aromatic heterocycles. The van der Waals surface area contributed by atoms with Crippen LogP contribution < -0.4 is 11.1 Å². The number of aliphatic imine (C=N–C) groups is 1. The SMILES string of the molecule is C[C@@]1(c2cc(NC(=O)CC(F)(F)F)ccc2F)CS(=O)(=O)CC(N)=N1. The molecule has 25 heavy (non-hydrogen) atoms. The number of nitrogens with zero attached hydrogens (tertiary/aromatic N) is 1. The molecule has 6 nitrogen and oxygen atoms in total. The van der Waals surface area contributed by atoms with E-state index >= 15 is 0 Å². The van der Waals surface area contributed by atoms with Gasteiger partial charge >= 0.3 is 6.18 Å². The number of carbonyl (C=O) groups excluding carboxylic acids is 1. The van der Waals surface area contributed by atoms with Crippen LogP contribution in [0.25, 0.3) is 0 Å². The van der Waals surface area contributed by atoms with Crippen molar-refractivity contribution in [2.24, 2.45) is 10.7 Å². The van der Waals surface area contributed by atoms with E-state index in [1.165, 1.54) is 6.92 Å². The van der Waals surface area contributed by atoms with Crippen molar-refractivity contribution in [3.05, 3.63) is 29.6 Å². The Kier molecular flexibility index (Phi) is 4.81. The number of amides is 1. The number of anilines is 1. The van der Waals surface area contributed by atoms with Gasteiger partial charge in [-0.1, -0.05) is 0 Å². The first-order chi connectivity index (χ1) is 11.3. The zero-order valence-electron chi connectivity index (χ0n) is 13.0. The summed E-state index contributed by atoms with van der Waals surface area (Å²) in [6, 6.07) is 3.04. The Morgan fingerprint density at radius 3 is 2.60 bits per heavy atom. The van der Waals surface area contributed by atoms with E-state index in [2.05, 4.69) is 4.99 Å². The Bertz CT molecular complexity index is 836. The second kappa shape index (κ2) is 6.28. The third kappa shape index (κ3) is 4.91. The monoisotopic (exact) mass is 381 g/mol. The first kappa shape index (κ1) is 19.2. The summed E-state index contributed by atoms with van der Waals surface area (Å²) >= 11 is 0. The lowest BCUT2D eigenvalue weighted by molar-refractivity contribution is -0.150. The predicted octanol–water partition coefficient (Wildman–Crippen LogP) is 1.72. The molecule has 0 bridgehead atoms. The van der Waals surface area contributed by atoms with E-state index in [4.69, 9.17) is 5.73 Å². The van der Waals surface area contributed by atoms with Gasteiger partial charge in [-0.05, 0) is 25.1 Å². The second-order valence-corrected chi connectivity index (χ2v) is 8.01. The third-order valence-corrected chi connectivity index (χ3v) is 5.19. The van der Waals surface area contributed by atoms with E-state index in [9.17, 15) is 30.8 Å². The zero-order valence-corrected chi connectivity index (χ0v) is 13.8. The normalized spacial score (nSPS) is 23.0. The molecule has 1 aliphatic heterocycles. The Hall–Kier alpha value is -2.17. The Balaban J connectivity index is 2.36. The van der Waals surface area contributed by atoms with Gasteiger partial charge < -0.3 is 11.1 Å². The minimum atomic E-state index is -4.69. The van der Waals surface area contributed by atoms with Crippen molar-refractivity contribution >= 4 is 27.3 Å². The van der Waals surface area contributed by atoms with Gasteiger partial charge in [0.2, 0.25) is 5.91 Å². The summed E-state index contributed by atoms with van der Waals surface area (Å²) in [6.07, 6.45) is -6.38. The summed E-state index contributed by atoms with van der Waals surface area (Å²) in [5.74, 6) is -3.30. The largest absolute Gasteiger partial charge is 0.397 e. The van der Waals surface area contributed by atoms with Crippen LogP contribution >= 0.6 is 0 Å². The highest BCUT2D eigenvalue weighted by atomic mass is 32.2. The molecule has 0 fully saturated rings. The molecule has 11 heteroatoms. The molecule has 0 saturated heterocycles. The number of nitrogens with one attached hydrogen (secondary N) is 1. The van der Waals surface area contributed by atoms with Crippen LogP contribution in [-0.4, -0.2) is 37.8 Å². The van der Waals surface area contributed by atoms with Crippen LogP contribution in [0, 0.1) is 5.82 Å². The molecule has 0 saturated carbocycles. The van der Waals surface area contributed by atoms with Gasteiger partial charge in [-0.2, -0.15) is 13.2 Å². The van der Waals surface area contributed by atoms with Crippen LogP contribution in [0.4, 0.5) is 23.2 Å². The topological polar surface area (TPSA) is 102 Å². The maximum absolute atomic E-state index is 14.2. The van der Waals surface area contributed by atoms with Crippen LogP contribution in [0.3, 0.4) is 0 Å². The molecular formula is C14H15F4N3O3S. The number of halogens is 4. The fourth-order valence-electron chi connectivity index (χ4n) is 2.63. The molecule has 1 aliphatic rings. The van der Waals surface area contributed by atoms with Crippen LogP contribution in [0.15, 0.2) is 23.2 Å². The van der Waals surface area contributed by atoms with E-state index in [-0.39, 0.29) is 17.1 Å². The standard InChI is InChI=1S/C14H15F4N3O3S/c1-13(7-25(23,24)6-11(19)21-13)9-4-8(2-3-10(9)15)20-12(22)5-14(16,17)18/h2-4H,5-7H2,1H3,(H2,19,21)(H,20,22)/t13-/m0/s1. The lowest BCUT2D eigenvalue weighted by atomic mass is 9.93. The van der Waals surface area contributed by atoms with Crippen LogP contribution in [0.1, 0.15) is 18.9 Å². The summed E-state index contributed by atoms with van der Waals surface area (Å²) in [4.78, 5) is 15.4. The Morgan fingerprint density at radius 2 is 2.04 bits per heavy atom. The number of benzene rings is 1. The molecule has 1 aromatic rings. The van der Waals surface area contributed by atoms with Crippen molar-refractivity contribution in [1.29, 1.82) is 0 Å². The molecule has 1 amide bonds. The predicted molar refractivity (Wildman–Crippen MR) is 83.3 cm³/mol. The van der Waals surface area contributed by atoms with E-state index in [0.29, 0.717) is 0 Å². The summed E-state index contributed by atoms with van der Waals surface area (Å²) in [5.41, 5.74) is 3.67. The first-order valence-electron chi connectivity index (χ1n) is 7.01. The lowest BCUT2D eigenvalue weighted by Gasteiger charge is -2.30. The molecule has 0 spiro atoms. The summed E-state index contributed by atoms with van der Waals surface area (Å²) in [5, 5.41) is 2.00. The Labute approximate surface area is 141 Å². The molecule has 1 aromatic carbocycles. The van der Waals surface area contributed by atoms with Gasteiger partial charge in [0.25, 0.3) is 0 Å². The van der Waals surface area contributed by atoms with Crippen molar-refractivity contribution in [2.75, 3.05) is 16.8 Å². The quantitative estimate of drug-likeness (QED) is 0.779. The maximum Gasteiger partial charge on any atom is 0.397 e. The van der Waals surface area contributed by atoms with Gasteiger partial charge in [-0.3, -0.25) is 9.79 Å². The van der Waals surface area contributed by atoms with Gasteiger partial charge in [0.1, 0.15) is 29.4 Å². The highest BCUT2D eigenvalue weighted by Crippen LogP contribution is 2.34. The molecule has 0 radical (unpaired) electrons. The smallest absolute Gasteiger partial charge is 0.387 e. The van der Waals surface area contributed by atoms with Crippen molar-refractivity contribution in [1.82, 2.24) is 0 Å². The number of hydrogen-bond donors (Lipinski definition) is 2. The van der Waals surface area contributed by atoms with Gasteiger partial charge in [-0.15, -0.1) is 0 Å². The molecule has 3 N–H and O–H groups in total. The first-order valence-corrected chi connectivity index (χ1v) is 8.83. The highest BCUT2D eigenvalue weighted by Gasteiger charge is 2.39. The third-order valence-electron chi connectivity index (χ3n) is 3.45. The molecule has 138 valence electrons. The minimum Gasteiger partial charge on any atom is -0.387 e. The summed E-state index contributed by atoms with van der Waals surface area (Å²) < 4.78 is 74.6. The summed E-state index contributed by atoms with van der Waals surface area (Å²) in [6.45, 7) is 1.34. The number of sulfone groups is 1. The van der Waals surface area contributed by atoms with E-state index in [1.807, 2.05) is 5.32 Å². The zero-order chi connectivity index (χ0) is 19.0. The average molecular weight is 381 g/mol. The van der Waals surface area contributed by atoms with E-state index in [0.717, 1.165) is 18.2 Å². The number of nitrogens with two attached hydrogens (primary N) is 1. The number of hydrogen-bond acceptors (Lipinski definition) is 5. The fraction of sp³-hybridized carbons (Fsp3) is 0.429. The number of carbonyl (C=O) groups is 1. The number of amidine groups is 1. The molecule has 1 heterocycles. The molecular weight excluding hydrogens is 366 g/mol. The van der Waals surface area contributed by atoms with Crippen molar-refractivity contribution in [3.63, 3.8) is 0 Å². The second-order valence-electron chi connectivity index (χ2n) is 5.94. The van der Waals surface area contributed by atoms with Gasteiger partial charge in [0.05, 0.1) is 5.75 Å². The molecule has 1 atom stereocenters. The fourth-order valence-corrected chi connectivity index (χ4v) is 4.32. The molecule has 0 unspecified atom stereocenters. The van der Waals surface area contributed by atoms with Crippen LogP contribution in [0.2, 0.25) is 0 Å². The van der Waals surface area contributed by atoms with Gasteiger partial charge in [0, 0.05) is 11.3 Å². The van der Waals surface area contributed by atoms with E-state index in [1.54, 1.807) is 0 Å². The highest BCUT2D eigenvalue weighted by molar-refractivity contribution is 7.92. The van der Waals surface area contributed by atoms with Crippen molar-refractivity contribution in [3.8, 4) is 0 Å². The van der Waals surface area contributed by atoms with E-state index < -0.39 is 51.2 Å². The molecule has 0 aliphatic carbocycles.